The number of rotatable bonds is 10. The van der Waals surface area contributed by atoms with Crippen molar-refractivity contribution < 1.29 is 4.79 Å². The number of nitrogens with two attached hydrogens (primary N) is 1. The molecule has 1 aliphatic rings. The minimum atomic E-state index is 0.173. The monoisotopic (exact) mass is 298 g/mol. The van der Waals surface area contributed by atoms with Crippen molar-refractivity contribution in [2.45, 2.75) is 52.0 Å². The molecule has 1 aliphatic heterocycles. The largest absolute Gasteiger partial charge is 0.353 e. The van der Waals surface area contributed by atoms with Crippen LogP contribution < -0.4 is 11.1 Å². The van der Waals surface area contributed by atoms with Crippen molar-refractivity contribution in [3.8, 4) is 0 Å². The summed E-state index contributed by atoms with van der Waals surface area (Å²) >= 11 is 0. The van der Waals surface area contributed by atoms with Crippen LogP contribution in [0.25, 0.3) is 0 Å². The highest BCUT2D eigenvalue weighted by atomic mass is 16.2. The third kappa shape index (κ3) is 8.39. The van der Waals surface area contributed by atoms with Gasteiger partial charge in [-0.3, -0.25) is 9.69 Å². The maximum Gasteiger partial charge on any atom is 0.234 e. The lowest BCUT2D eigenvalue weighted by Crippen LogP contribution is -2.50. The average molecular weight is 298 g/mol. The molecule has 0 saturated carbocycles. The fourth-order valence-electron chi connectivity index (χ4n) is 2.86. The van der Waals surface area contributed by atoms with E-state index in [1.807, 2.05) is 0 Å². The minimum absolute atomic E-state index is 0.173. The SMILES string of the molecule is CCCC(C)NC(=O)CN1CCN(CCCCCN)CC1. The molecule has 5 nitrogen and oxygen atoms in total. The van der Waals surface area contributed by atoms with Crippen molar-refractivity contribution in [3.05, 3.63) is 0 Å². The number of unbranched alkanes of at least 4 members (excludes halogenated alkanes) is 2. The van der Waals surface area contributed by atoms with Gasteiger partial charge in [0, 0.05) is 32.2 Å². The van der Waals surface area contributed by atoms with Crippen LogP contribution in [0.5, 0.6) is 0 Å². The highest BCUT2D eigenvalue weighted by Crippen LogP contribution is 2.04. The molecule has 5 heteroatoms. The van der Waals surface area contributed by atoms with Gasteiger partial charge in [-0.15, -0.1) is 0 Å². The first-order valence-electron chi connectivity index (χ1n) is 8.59. The lowest BCUT2D eigenvalue weighted by molar-refractivity contribution is -0.123. The Morgan fingerprint density at radius 1 is 1.14 bits per heavy atom. The van der Waals surface area contributed by atoms with E-state index in [1.54, 1.807) is 0 Å². The van der Waals surface area contributed by atoms with Gasteiger partial charge in [-0.25, -0.2) is 0 Å². The zero-order valence-corrected chi connectivity index (χ0v) is 13.9. The second-order valence-corrected chi connectivity index (χ2v) is 6.22. The number of nitrogens with one attached hydrogen (secondary N) is 1. The number of nitrogens with zero attached hydrogens (tertiary/aromatic N) is 2. The van der Waals surface area contributed by atoms with Gasteiger partial charge in [0.25, 0.3) is 0 Å². The second kappa shape index (κ2) is 11.0. The van der Waals surface area contributed by atoms with Crippen LogP contribution in [0.15, 0.2) is 0 Å². The molecule has 3 N–H and O–H groups in total. The summed E-state index contributed by atoms with van der Waals surface area (Å²) in [5.74, 6) is 0.173. The van der Waals surface area contributed by atoms with Gasteiger partial charge in [-0.05, 0) is 39.3 Å². The fraction of sp³-hybridized carbons (Fsp3) is 0.938. The van der Waals surface area contributed by atoms with E-state index >= 15 is 0 Å². The standard InChI is InChI=1S/C16H34N4O/c1-3-7-15(2)18-16(21)14-20-12-10-19(11-13-20)9-6-4-5-8-17/h15H,3-14,17H2,1-2H3,(H,18,21). The summed E-state index contributed by atoms with van der Waals surface area (Å²) in [6, 6.07) is 0.298. The van der Waals surface area contributed by atoms with Crippen LogP contribution in [0, 0.1) is 0 Å². The first-order valence-corrected chi connectivity index (χ1v) is 8.59. The normalized spacial score (nSPS) is 18.6. The van der Waals surface area contributed by atoms with E-state index in [-0.39, 0.29) is 5.91 Å². The van der Waals surface area contributed by atoms with Gasteiger partial charge in [0.2, 0.25) is 5.91 Å². The molecule has 1 amide bonds. The number of piperazine rings is 1. The van der Waals surface area contributed by atoms with E-state index < -0.39 is 0 Å². The molecular weight excluding hydrogens is 264 g/mol. The van der Waals surface area contributed by atoms with Gasteiger partial charge in [0.1, 0.15) is 0 Å². The van der Waals surface area contributed by atoms with Gasteiger partial charge in [-0.1, -0.05) is 19.8 Å². The lowest BCUT2D eigenvalue weighted by Gasteiger charge is -2.34. The van der Waals surface area contributed by atoms with Crippen LogP contribution in [0.3, 0.4) is 0 Å². The van der Waals surface area contributed by atoms with Crippen molar-refractivity contribution >= 4 is 5.91 Å². The van der Waals surface area contributed by atoms with Gasteiger partial charge in [0.05, 0.1) is 6.54 Å². The number of carbonyl (C=O) groups is 1. The van der Waals surface area contributed by atoms with Crippen molar-refractivity contribution in [2.24, 2.45) is 5.73 Å². The number of amides is 1. The fourth-order valence-corrected chi connectivity index (χ4v) is 2.86. The molecule has 0 aromatic heterocycles. The van der Waals surface area contributed by atoms with Gasteiger partial charge in [0.15, 0.2) is 0 Å². The molecule has 0 radical (unpaired) electrons. The maximum atomic E-state index is 11.9. The Balaban J connectivity index is 2.11. The van der Waals surface area contributed by atoms with E-state index in [2.05, 4.69) is 29.0 Å². The van der Waals surface area contributed by atoms with Crippen molar-refractivity contribution in [2.75, 3.05) is 45.8 Å². The molecule has 21 heavy (non-hydrogen) atoms. The Kier molecular flexibility index (Phi) is 9.63. The molecule has 0 aromatic carbocycles. The molecule has 1 rings (SSSR count). The van der Waals surface area contributed by atoms with Crippen LogP contribution in [-0.4, -0.2) is 67.6 Å². The summed E-state index contributed by atoms with van der Waals surface area (Å²) in [5.41, 5.74) is 5.51. The minimum Gasteiger partial charge on any atom is -0.353 e. The van der Waals surface area contributed by atoms with Gasteiger partial charge in [-0.2, -0.15) is 0 Å². The van der Waals surface area contributed by atoms with Gasteiger partial charge >= 0.3 is 0 Å². The van der Waals surface area contributed by atoms with Gasteiger partial charge < -0.3 is 16.0 Å². The van der Waals surface area contributed by atoms with Crippen molar-refractivity contribution in [1.29, 1.82) is 0 Å². The zero-order chi connectivity index (χ0) is 15.5. The molecule has 1 saturated heterocycles. The predicted molar refractivity (Wildman–Crippen MR) is 88.3 cm³/mol. The Bertz CT molecular complexity index is 277. The Labute approximate surface area is 130 Å². The van der Waals surface area contributed by atoms with E-state index in [1.165, 1.54) is 19.4 Å². The number of hydrogen-bond acceptors (Lipinski definition) is 4. The summed E-state index contributed by atoms with van der Waals surface area (Å²) in [6.07, 6.45) is 5.78. The Morgan fingerprint density at radius 2 is 1.81 bits per heavy atom. The smallest absolute Gasteiger partial charge is 0.234 e. The summed E-state index contributed by atoms with van der Waals surface area (Å²) in [6.45, 7) is 10.9. The summed E-state index contributed by atoms with van der Waals surface area (Å²) in [7, 11) is 0. The van der Waals surface area contributed by atoms with Crippen molar-refractivity contribution in [1.82, 2.24) is 15.1 Å². The summed E-state index contributed by atoms with van der Waals surface area (Å²) in [5, 5.41) is 3.08. The van der Waals surface area contributed by atoms with E-state index in [4.69, 9.17) is 5.73 Å². The third-order valence-electron chi connectivity index (χ3n) is 4.14. The van der Waals surface area contributed by atoms with Crippen LogP contribution in [0.4, 0.5) is 0 Å². The summed E-state index contributed by atoms with van der Waals surface area (Å²) < 4.78 is 0. The first-order chi connectivity index (χ1) is 10.2. The highest BCUT2D eigenvalue weighted by molar-refractivity contribution is 5.78. The third-order valence-corrected chi connectivity index (χ3v) is 4.14. The molecular formula is C16H34N4O. The van der Waals surface area contributed by atoms with Crippen LogP contribution in [0.1, 0.15) is 46.0 Å². The highest BCUT2D eigenvalue weighted by Gasteiger charge is 2.18. The Morgan fingerprint density at radius 3 is 2.43 bits per heavy atom. The van der Waals surface area contributed by atoms with Crippen LogP contribution in [-0.2, 0) is 4.79 Å². The average Bonchev–Trinajstić information content (AvgIpc) is 2.45. The Hall–Kier alpha value is -0.650. The van der Waals surface area contributed by atoms with E-state index in [0.29, 0.717) is 12.6 Å². The lowest BCUT2D eigenvalue weighted by atomic mass is 10.2. The second-order valence-electron chi connectivity index (χ2n) is 6.22. The summed E-state index contributed by atoms with van der Waals surface area (Å²) in [4.78, 5) is 16.7. The first kappa shape index (κ1) is 18.4. The van der Waals surface area contributed by atoms with Crippen LogP contribution in [0.2, 0.25) is 0 Å². The van der Waals surface area contributed by atoms with E-state index in [9.17, 15) is 4.79 Å². The quantitative estimate of drug-likeness (QED) is 0.592. The molecule has 0 aliphatic carbocycles. The van der Waals surface area contributed by atoms with Crippen molar-refractivity contribution in [3.63, 3.8) is 0 Å². The molecule has 0 bridgehead atoms. The number of hydrogen-bond donors (Lipinski definition) is 2. The molecule has 1 atom stereocenters. The zero-order valence-electron chi connectivity index (χ0n) is 13.9. The molecule has 0 spiro atoms. The molecule has 1 heterocycles. The van der Waals surface area contributed by atoms with Crippen LogP contribution >= 0.6 is 0 Å². The number of carbonyl (C=O) groups excluding carboxylic acids is 1. The molecule has 124 valence electrons. The van der Waals surface area contributed by atoms with E-state index in [0.717, 1.165) is 52.0 Å². The molecule has 1 fully saturated rings. The predicted octanol–water partition coefficient (Wildman–Crippen LogP) is 1.04. The molecule has 1 unspecified atom stereocenters. The maximum absolute atomic E-state index is 11.9. The molecule has 0 aromatic rings. The topological polar surface area (TPSA) is 61.6 Å².